The Bertz CT molecular complexity index is 1260. The summed E-state index contributed by atoms with van der Waals surface area (Å²) in [6, 6.07) is 28.6. The summed E-state index contributed by atoms with van der Waals surface area (Å²) in [6.07, 6.45) is 1.80. The van der Waals surface area contributed by atoms with E-state index in [-0.39, 0.29) is 5.56 Å². The minimum Gasteiger partial charge on any atom is -0.301 e. The lowest BCUT2D eigenvalue weighted by Crippen LogP contribution is -2.46. The molecular formula is C29H32N4O. The Morgan fingerprint density at radius 2 is 1.26 bits per heavy atom. The summed E-state index contributed by atoms with van der Waals surface area (Å²) in [5.41, 5.74) is 3.35. The van der Waals surface area contributed by atoms with E-state index in [1.807, 2.05) is 47.0 Å². The molecule has 1 aromatic heterocycles. The molecule has 0 amide bonds. The van der Waals surface area contributed by atoms with Crippen LogP contribution in [-0.2, 0) is 19.5 Å². The maximum Gasteiger partial charge on any atom is 0.261 e. The normalized spacial score (nSPS) is 15.1. The van der Waals surface area contributed by atoms with Gasteiger partial charge in [0.1, 0.15) is 5.82 Å². The topological polar surface area (TPSA) is 41.4 Å². The van der Waals surface area contributed by atoms with Gasteiger partial charge in [-0.1, -0.05) is 72.8 Å². The fourth-order valence-corrected chi connectivity index (χ4v) is 4.81. The van der Waals surface area contributed by atoms with Crippen molar-refractivity contribution in [2.75, 3.05) is 32.7 Å². The van der Waals surface area contributed by atoms with Gasteiger partial charge in [-0.15, -0.1) is 0 Å². The van der Waals surface area contributed by atoms with Gasteiger partial charge in [0.2, 0.25) is 0 Å². The van der Waals surface area contributed by atoms with Crippen LogP contribution < -0.4 is 5.56 Å². The molecule has 0 bridgehead atoms. The Morgan fingerprint density at radius 3 is 1.97 bits per heavy atom. The van der Waals surface area contributed by atoms with Crippen molar-refractivity contribution in [3.63, 3.8) is 0 Å². The first-order valence-electron chi connectivity index (χ1n) is 12.3. The molecule has 4 aromatic rings. The van der Waals surface area contributed by atoms with Gasteiger partial charge in [-0.2, -0.15) is 0 Å². The van der Waals surface area contributed by atoms with E-state index in [1.165, 1.54) is 5.56 Å². The first-order chi connectivity index (χ1) is 16.8. The molecule has 174 valence electrons. The second-order valence-electron chi connectivity index (χ2n) is 9.13. The van der Waals surface area contributed by atoms with Gasteiger partial charge in [0, 0.05) is 39.1 Å². The van der Waals surface area contributed by atoms with Gasteiger partial charge in [-0.3, -0.25) is 14.3 Å². The molecule has 2 heterocycles. The number of piperazine rings is 1. The van der Waals surface area contributed by atoms with E-state index < -0.39 is 0 Å². The van der Waals surface area contributed by atoms with Crippen molar-refractivity contribution >= 4 is 10.9 Å². The van der Waals surface area contributed by atoms with E-state index in [1.54, 1.807) is 0 Å². The number of nitrogens with zero attached hydrogens (tertiary/aromatic N) is 4. The Morgan fingerprint density at radius 1 is 0.676 bits per heavy atom. The van der Waals surface area contributed by atoms with Gasteiger partial charge in [0.15, 0.2) is 0 Å². The smallest absolute Gasteiger partial charge is 0.261 e. The quantitative estimate of drug-likeness (QED) is 0.402. The summed E-state index contributed by atoms with van der Waals surface area (Å²) in [6.45, 7) is 7.01. The van der Waals surface area contributed by atoms with Crippen molar-refractivity contribution in [2.24, 2.45) is 0 Å². The van der Waals surface area contributed by atoms with Crippen molar-refractivity contribution in [3.05, 3.63) is 112 Å². The van der Waals surface area contributed by atoms with Gasteiger partial charge in [0.05, 0.1) is 17.4 Å². The summed E-state index contributed by atoms with van der Waals surface area (Å²) >= 11 is 0. The highest BCUT2D eigenvalue weighted by Gasteiger charge is 2.17. The van der Waals surface area contributed by atoms with Crippen LogP contribution in [0.15, 0.2) is 89.7 Å². The van der Waals surface area contributed by atoms with Crippen LogP contribution in [0, 0.1) is 0 Å². The summed E-state index contributed by atoms with van der Waals surface area (Å²) < 4.78 is 1.87. The predicted octanol–water partition coefficient (Wildman–Crippen LogP) is 4.20. The van der Waals surface area contributed by atoms with E-state index in [0.717, 1.165) is 69.0 Å². The summed E-state index contributed by atoms with van der Waals surface area (Å²) in [4.78, 5) is 23.3. The highest BCUT2D eigenvalue weighted by atomic mass is 16.1. The average Bonchev–Trinajstić information content (AvgIpc) is 2.88. The zero-order chi connectivity index (χ0) is 23.2. The molecule has 0 atom stereocenters. The molecule has 1 aliphatic rings. The maximum atomic E-state index is 13.3. The van der Waals surface area contributed by atoms with Gasteiger partial charge in [-0.05, 0) is 36.2 Å². The predicted molar refractivity (Wildman–Crippen MR) is 138 cm³/mol. The maximum absolute atomic E-state index is 13.3. The Hall–Kier alpha value is -3.28. The number of rotatable bonds is 8. The van der Waals surface area contributed by atoms with Crippen molar-refractivity contribution in [1.82, 2.24) is 19.4 Å². The second-order valence-corrected chi connectivity index (χ2v) is 9.13. The number of hydrogen-bond acceptors (Lipinski definition) is 4. The minimum atomic E-state index is 0.0546. The van der Waals surface area contributed by atoms with Crippen LogP contribution in [0.25, 0.3) is 10.9 Å². The molecule has 0 radical (unpaired) electrons. The average molecular weight is 453 g/mol. The lowest BCUT2D eigenvalue weighted by Gasteiger charge is -2.34. The number of hydrogen-bond donors (Lipinski definition) is 0. The number of para-hydroxylation sites is 1. The van der Waals surface area contributed by atoms with Crippen LogP contribution in [0.1, 0.15) is 23.4 Å². The van der Waals surface area contributed by atoms with Crippen LogP contribution >= 0.6 is 0 Å². The van der Waals surface area contributed by atoms with Gasteiger partial charge in [-0.25, -0.2) is 4.98 Å². The zero-order valence-corrected chi connectivity index (χ0v) is 19.6. The van der Waals surface area contributed by atoms with Crippen molar-refractivity contribution in [3.8, 4) is 0 Å². The van der Waals surface area contributed by atoms with E-state index in [9.17, 15) is 4.79 Å². The third-order valence-electron chi connectivity index (χ3n) is 6.71. The van der Waals surface area contributed by atoms with E-state index in [2.05, 4.69) is 52.3 Å². The third-order valence-corrected chi connectivity index (χ3v) is 6.71. The Kier molecular flexibility index (Phi) is 7.13. The molecule has 1 fully saturated rings. The molecule has 34 heavy (non-hydrogen) atoms. The van der Waals surface area contributed by atoms with E-state index in [4.69, 9.17) is 4.98 Å². The molecule has 0 unspecified atom stereocenters. The number of aromatic nitrogens is 2. The molecule has 0 saturated carbocycles. The Labute approximate surface area is 201 Å². The summed E-state index contributed by atoms with van der Waals surface area (Å²) in [5.74, 6) is 0.885. The fraction of sp³-hybridized carbons (Fsp3) is 0.310. The van der Waals surface area contributed by atoms with Crippen LogP contribution in [0.3, 0.4) is 0 Å². The monoisotopic (exact) mass is 452 g/mol. The molecule has 3 aromatic carbocycles. The molecule has 5 nitrogen and oxygen atoms in total. The van der Waals surface area contributed by atoms with Crippen LogP contribution in [-0.4, -0.2) is 52.1 Å². The van der Waals surface area contributed by atoms with Gasteiger partial charge >= 0.3 is 0 Å². The molecule has 5 rings (SSSR count). The molecular weight excluding hydrogens is 420 g/mol. The Balaban J connectivity index is 1.22. The van der Waals surface area contributed by atoms with Crippen molar-refractivity contribution in [2.45, 2.75) is 25.9 Å². The molecule has 1 aliphatic heterocycles. The van der Waals surface area contributed by atoms with Crippen LogP contribution in [0.4, 0.5) is 0 Å². The van der Waals surface area contributed by atoms with Crippen LogP contribution in [0.5, 0.6) is 0 Å². The molecule has 0 aliphatic carbocycles. The highest BCUT2D eigenvalue weighted by Crippen LogP contribution is 2.13. The molecule has 0 N–H and O–H groups in total. The van der Waals surface area contributed by atoms with Gasteiger partial charge in [0.25, 0.3) is 5.56 Å². The number of aryl methyl sites for hydroxylation is 1. The van der Waals surface area contributed by atoms with E-state index >= 15 is 0 Å². The summed E-state index contributed by atoms with van der Waals surface area (Å²) in [7, 11) is 0. The lowest BCUT2D eigenvalue weighted by molar-refractivity contribution is 0.126. The number of benzene rings is 3. The largest absolute Gasteiger partial charge is 0.301 e. The third kappa shape index (κ3) is 5.44. The lowest BCUT2D eigenvalue weighted by atomic mass is 10.1. The first kappa shape index (κ1) is 22.5. The fourth-order valence-electron chi connectivity index (χ4n) is 4.81. The summed E-state index contributed by atoms with van der Waals surface area (Å²) in [5, 5.41) is 0.691. The second kappa shape index (κ2) is 10.8. The highest BCUT2D eigenvalue weighted by molar-refractivity contribution is 5.77. The van der Waals surface area contributed by atoms with E-state index in [0.29, 0.717) is 11.9 Å². The molecule has 0 spiro atoms. The standard InChI is InChI=1S/C29H32N4O/c34-29-26-14-7-8-15-27(26)30-28(33(29)23-25-12-5-2-6-13-25)16-9-17-31-18-20-32(21-19-31)22-24-10-3-1-4-11-24/h1-8,10-15H,9,16-23H2. The van der Waals surface area contributed by atoms with Crippen LogP contribution in [0.2, 0.25) is 0 Å². The number of fused-ring (bicyclic) bond motifs is 1. The minimum absolute atomic E-state index is 0.0546. The molecule has 1 saturated heterocycles. The SMILES string of the molecule is O=c1c2ccccc2nc(CCCN2CCN(Cc3ccccc3)CC2)n1Cc1ccccc1. The van der Waals surface area contributed by atoms with Crippen molar-refractivity contribution < 1.29 is 0 Å². The molecule has 5 heteroatoms. The van der Waals surface area contributed by atoms with Crippen molar-refractivity contribution in [1.29, 1.82) is 0 Å². The zero-order valence-electron chi connectivity index (χ0n) is 19.6. The van der Waals surface area contributed by atoms with Gasteiger partial charge < -0.3 is 4.90 Å². The first-order valence-corrected chi connectivity index (χ1v) is 12.3.